The van der Waals surface area contributed by atoms with Crippen LogP contribution in [0.1, 0.15) is 93.7 Å². The van der Waals surface area contributed by atoms with Gasteiger partial charge in [0.05, 0.1) is 79.0 Å². The number of nitrogens with zero attached hydrogens (tertiary/aromatic N) is 2. The van der Waals surface area contributed by atoms with Crippen LogP contribution in [-0.4, -0.2) is 111 Å². The zero-order chi connectivity index (χ0) is 62.6. The van der Waals surface area contributed by atoms with Gasteiger partial charge in [-0.15, -0.1) is 0 Å². The molecular formula is C64H67N3O20S. The van der Waals surface area contributed by atoms with Crippen molar-refractivity contribution in [3.8, 4) is 23.0 Å². The van der Waals surface area contributed by atoms with Crippen molar-refractivity contribution in [2.75, 3.05) is 45.1 Å². The summed E-state index contributed by atoms with van der Waals surface area (Å²) in [7, 11) is 0. The molecule has 464 valence electrons. The Labute approximate surface area is 510 Å². The molecule has 0 atom stereocenters. The van der Waals surface area contributed by atoms with E-state index in [1.54, 1.807) is 54.6 Å². The second-order valence-electron chi connectivity index (χ2n) is 20.3. The molecule has 2 aliphatic rings. The molecule has 23 nitrogen and oxygen atoms in total. The van der Waals surface area contributed by atoms with Crippen LogP contribution in [0.15, 0.2) is 121 Å². The van der Waals surface area contributed by atoms with E-state index in [4.69, 9.17) is 47.4 Å². The molecule has 4 aromatic carbocycles. The lowest BCUT2D eigenvalue weighted by Gasteiger charge is -2.26. The van der Waals surface area contributed by atoms with E-state index in [9.17, 15) is 47.9 Å². The zero-order valence-electron chi connectivity index (χ0n) is 48.2. The van der Waals surface area contributed by atoms with Gasteiger partial charge >= 0.3 is 59.7 Å². The molecular weight excluding hydrogens is 1160 g/mol. The smallest absolute Gasteiger partial charge is 0.330 e. The predicted molar refractivity (Wildman–Crippen MR) is 316 cm³/mol. The van der Waals surface area contributed by atoms with E-state index < -0.39 is 83.4 Å². The monoisotopic (exact) mass is 1230 g/mol. The third-order valence-corrected chi connectivity index (χ3v) is 15.0. The Bertz CT molecular complexity index is 3270. The number of rotatable bonds is 31. The number of hydrogen-bond donors (Lipinski definition) is 1. The van der Waals surface area contributed by atoms with Crippen LogP contribution >= 0.6 is 11.3 Å². The largest absolute Gasteiger partial charge is 0.465 e. The van der Waals surface area contributed by atoms with Crippen LogP contribution in [0.4, 0.5) is 5.13 Å². The average molecular weight is 1230 g/mol. The first-order valence-electron chi connectivity index (χ1n) is 28.7. The molecule has 0 spiro atoms. The molecule has 7 rings (SSSR count). The summed E-state index contributed by atoms with van der Waals surface area (Å²) in [6, 6.07) is 25.7. The fourth-order valence-electron chi connectivity index (χ4n) is 9.20. The number of anilines is 1. The van der Waals surface area contributed by atoms with Crippen LogP contribution in [0.25, 0.3) is 10.2 Å². The minimum absolute atomic E-state index is 0.0607. The van der Waals surface area contributed by atoms with Gasteiger partial charge in [-0.2, -0.15) is 5.10 Å². The SMILES string of the molecule is C=CC(=O)OCCOC(=O)CCC(=O)OCCc1ccc(OC(=O)[C@H]2CC[C@H](C(=O)Oc3ccc(OC(=O)[C@H]4CC[C@H](C(=O)Oc5ccc(CCOC(=O)CCC(=O)OCCOC(=O)C=C)cc5)CC4)c(/C=N/Nc4nc5ccccc5s4)c3)CC2)cc1. The highest BCUT2D eigenvalue weighted by atomic mass is 32.1. The average Bonchev–Trinajstić information content (AvgIpc) is 4.16. The Morgan fingerprint density at radius 2 is 0.864 bits per heavy atom. The molecule has 0 radical (unpaired) electrons. The fourth-order valence-corrected chi connectivity index (χ4v) is 10.0. The molecule has 1 aromatic heterocycles. The van der Waals surface area contributed by atoms with Crippen LogP contribution in [-0.2, 0) is 89.2 Å². The van der Waals surface area contributed by atoms with Crippen molar-refractivity contribution in [3.63, 3.8) is 0 Å². The summed E-state index contributed by atoms with van der Waals surface area (Å²) >= 11 is 1.40. The standard InChI is InChI=1S/C64H67N3O20S/c1-3-54(68)80-35-37-82-58(72)29-27-56(70)78-33-31-41-9-21-48(22-10-41)84-60(74)43-13-15-45(16-14-43)62(76)86-50-25-26-52(47(39-50)40-65-67-64-66-51-7-5-6-8-53(51)88-64)87-63(77)46-19-17-44(18-20-46)61(75)85-49-23-11-42(12-24-49)32-34-79-57(71)28-30-59(73)83-38-36-81-55(69)4-2/h3-12,21-26,39-40,43-46H,1-2,13-20,27-38H2,(H,66,67)/b65-40+/t43-,44-,45-,46-. The summed E-state index contributed by atoms with van der Waals surface area (Å²) in [6.45, 7) is 6.11. The highest BCUT2D eigenvalue weighted by Crippen LogP contribution is 2.35. The van der Waals surface area contributed by atoms with Crippen molar-refractivity contribution in [2.45, 2.75) is 89.9 Å². The first-order valence-corrected chi connectivity index (χ1v) is 29.5. The van der Waals surface area contributed by atoms with Gasteiger partial charge in [0.2, 0.25) is 5.13 Å². The van der Waals surface area contributed by atoms with Crippen molar-refractivity contribution in [3.05, 3.63) is 133 Å². The Hall–Kier alpha value is -9.58. The molecule has 5 aromatic rings. The fraction of sp³-hybridized carbons (Fsp3) is 0.375. The molecule has 2 fully saturated rings. The van der Waals surface area contributed by atoms with Crippen LogP contribution in [0.3, 0.4) is 0 Å². The molecule has 88 heavy (non-hydrogen) atoms. The van der Waals surface area contributed by atoms with Crippen LogP contribution in [0, 0.1) is 23.7 Å². The highest BCUT2D eigenvalue weighted by molar-refractivity contribution is 7.22. The summed E-state index contributed by atoms with van der Waals surface area (Å²) < 4.78 is 53.9. The topological polar surface area (TPSA) is 300 Å². The number of aromatic nitrogens is 1. The van der Waals surface area contributed by atoms with E-state index in [1.165, 1.54) is 29.7 Å². The van der Waals surface area contributed by atoms with E-state index in [0.717, 1.165) is 33.5 Å². The maximum absolute atomic E-state index is 13.7. The first kappa shape index (κ1) is 66.0. The van der Waals surface area contributed by atoms with E-state index in [2.05, 4.69) is 28.7 Å². The van der Waals surface area contributed by atoms with Crippen molar-refractivity contribution >= 4 is 92.6 Å². The van der Waals surface area contributed by atoms with Crippen LogP contribution in [0.2, 0.25) is 0 Å². The van der Waals surface area contributed by atoms with Gasteiger partial charge in [-0.05, 0) is 117 Å². The number of esters is 10. The number of nitrogens with one attached hydrogen (secondary N) is 1. The molecule has 0 aliphatic heterocycles. The third-order valence-electron chi connectivity index (χ3n) is 14.0. The second-order valence-corrected chi connectivity index (χ2v) is 21.3. The summed E-state index contributed by atoms with van der Waals surface area (Å²) in [5.74, 6) is -6.44. The van der Waals surface area contributed by atoms with E-state index in [0.29, 0.717) is 86.4 Å². The van der Waals surface area contributed by atoms with Gasteiger partial charge in [-0.25, -0.2) is 14.6 Å². The molecule has 0 saturated heterocycles. The Morgan fingerprint density at radius 1 is 0.477 bits per heavy atom. The van der Waals surface area contributed by atoms with Gasteiger partial charge in [0.1, 0.15) is 49.4 Å². The molecule has 0 unspecified atom stereocenters. The second kappa shape index (κ2) is 34.5. The number of benzene rings is 4. The Morgan fingerprint density at radius 3 is 1.30 bits per heavy atom. The van der Waals surface area contributed by atoms with Crippen LogP contribution < -0.4 is 24.4 Å². The maximum Gasteiger partial charge on any atom is 0.330 e. The highest BCUT2D eigenvalue weighted by Gasteiger charge is 2.34. The van der Waals surface area contributed by atoms with Gasteiger partial charge in [0.15, 0.2) is 0 Å². The molecule has 1 heterocycles. The van der Waals surface area contributed by atoms with Gasteiger partial charge in [-0.1, -0.05) is 60.9 Å². The summed E-state index contributed by atoms with van der Waals surface area (Å²) in [6.07, 6.45) is 6.47. The normalized spacial score (nSPS) is 16.2. The van der Waals surface area contributed by atoms with Crippen molar-refractivity contribution in [1.29, 1.82) is 0 Å². The number of fused-ring (bicyclic) bond motifs is 1. The summed E-state index contributed by atoms with van der Waals surface area (Å²) in [4.78, 5) is 128. The minimum atomic E-state index is -0.639. The lowest BCUT2D eigenvalue weighted by atomic mass is 9.82. The number of para-hydroxylation sites is 1. The summed E-state index contributed by atoms with van der Waals surface area (Å²) in [5.41, 5.74) is 5.68. The van der Waals surface area contributed by atoms with Crippen molar-refractivity contribution in [2.24, 2.45) is 28.8 Å². The van der Waals surface area contributed by atoms with Gasteiger partial charge in [0, 0.05) is 30.6 Å². The number of carbonyl (C=O) groups excluding carboxylic acids is 10. The maximum atomic E-state index is 13.7. The van der Waals surface area contributed by atoms with Gasteiger partial charge in [-0.3, -0.25) is 43.8 Å². The molecule has 24 heteroatoms. The van der Waals surface area contributed by atoms with Gasteiger partial charge < -0.3 is 47.4 Å². The molecule has 0 bridgehead atoms. The number of hydrogen-bond acceptors (Lipinski definition) is 24. The molecule has 1 N–H and O–H groups in total. The van der Waals surface area contributed by atoms with Gasteiger partial charge in [0.25, 0.3) is 0 Å². The lowest BCUT2D eigenvalue weighted by molar-refractivity contribution is -0.152. The number of hydrazone groups is 1. The lowest BCUT2D eigenvalue weighted by Crippen LogP contribution is -2.30. The minimum Gasteiger partial charge on any atom is -0.465 e. The van der Waals surface area contributed by atoms with Crippen molar-refractivity contribution < 1.29 is 95.3 Å². The first-order chi connectivity index (χ1) is 42.6. The Balaban J connectivity index is 0.829. The Kier molecular flexibility index (Phi) is 25.9. The molecule has 2 aliphatic carbocycles. The van der Waals surface area contributed by atoms with Crippen molar-refractivity contribution in [1.82, 2.24) is 4.98 Å². The number of carbonyl (C=O) groups is 10. The van der Waals surface area contributed by atoms with Crippen LogP contribution in [0.5, 0.6) is 23.0 Å². The number of thiazole rings is 1. The quantitative estimate of drug-likeness (QED) is 0.00825. The van der Waals surface area contributed by atoms with E-state index >= 15 is 0 Å². The number of ether oxygens (including phenoxy) is 10. The van der Waals surface area contributed by atoms with E-state index in [-0.39, 0.29) is 76.8 Å². The third kappa shape index (κ3) is 22.0. The molecule has 2 saturated carbocycles. The zero-order valence-corrected chi connectivity index (χ0v) is 49.0. The summed E-state index contributed by atoms with van der Waals surface area (Å²) in [5, 5.41) is 4.90. The van der Waals surface area contributed by atoms with E-state index in [1.807, 2.05) is 24.3 Å². The molecule has 0 amide bonds. The predicted octanol–water partition coefficient (Wildman–Crippen LogP) is 8.65.